The lowest BCUT2D eigenvalue weighted by Gasteiger charge is -2.55. The Morgan fingerprint density at radius 2 is 1.55 bits per heavy atom. The van der Waals surface area contributed by atoms with Crippen molar-refractivity contribution in [2.75, 3.05) is 18.1 Å². The summed E-state index contributed by atoms with van der Waals surface area (Å²) in [6, 6.07) is 29.0. The van der Waals surface area contributed by atoms with Gasteiger partial charge in [-0.1, -0.05) is 90.5 Å². The highest BCUT2D eigenvalue weighted by Crippen LogP contribution is 2.64. The molecule has 4 aromatic carbocycles. The number of Topliss-reactive ketones (excluding diaryl/α,β-unsaturated/α-hetero) is 1. The second-order valence-electron chi connectivity index (χ2n) is 13.9. The number of ketones is 2. The fourth-order valence-electron chi connectivity index (χ4n) is 9.32. The van der Waals surface area contributed by atoms with Crippen molar-refractivity contribution in [2.24, 2.45) is 23.7 Å². The smallest absolute Gasteiger partial charge is 0.339 e. The van der Waals surface area contributed by atoms with E-state index in [0.717, 1.165) is 22.6 Å². The van der Waals surface area contributed by atoms with E-state index >= 15 is 9.59 Å². The highest BCUT2D eigenvalue weighted by Gasteiger charge is 2.66. The summed E-state index contributed by atoms with van der Waals surface area (Å²) in [4.78, 5) is 71.6. The van der Waals surface area contributed by atoms with Crippen molar-refractivity contribution < 1.29 is 44.0 Å². The average molecular weight is 710 g/mol. The maximum Gasteiger partial charge on any atom is 0.339 e. The van der Waals surface area contributed by atoms with Crippen molar-refractivity contribution in [1.29, 1.82) is 0 Å². The Bertz CT molecular complexity index is 2240. The number of hydrogen-bond donors (Lipinski definition) is 3. The fraction of sp³-hybridized carbons (Fsp3) is 0.233. The van der Waals surface area contributed by atoms with Gasteiger partial charge in [-0.25, -0.2) is 9.69 Å². The van der Waals surface area contributed by atoms with Gasteiger partial charge in [0, 0.05) is 29.0 Å². The van der Waals surface area contributed by atoms with Crippen LogP contribution in [0.4, 0.5) is 5.69 Å². The standard InChI is InChI=1S/C43H35NO9/c45-19-20-53-35-14-8-7-13-29(35)38-27-17-18-30-37(41(50)44(40(30)49)26-15-16-28(42(51)52)34(46)21-26)32(27)22-33-39(48)31(24-9-3-1-4-10-24)23-36(47)43(33,38)25-11-5-2-6-12-25/h1-17,21,23,30,32-33,37-38,45-46H,18-20,22H2,(H,51,52)/t30-,32+,33-,37-,38+,43-/m0/s1. The van der Waals surface area contributed by atoms with Crippen molar-refractivity contribution >= 4 is 40.6 Å². The van der Waals surface area contributed by atoms with Gasteiger partial charge >= 0.3 is 5.97 Å². The van der Waals surface area contributed by atoms with Crippen LogP contribution in [0.5, 0.6) is 11.5 Å². The van der Waals surface area contributed by atoms with Gasteiger partial charge in [-0.05, 0) is 54.2 Å². The van der Waals surface area contributed by atoms with Crippen LogP contribution in [0.3, 0.4) is 0 Å². The number of anilines is 1. The van der Waals surface area contributed by atoms with Gasteiger partial charge in [-0.15, -0.1) is 0 Å². The number of imide groups is 1. The predicted octanol–water partition coefficient (Wildman–Crippen LogP) is 5.49. The second-order valence-corrected chi connectivity index (χ2v) is 13.9. The van der Waals surface area contributed by atoms with E-state index < -0.39 is 58.5 Å². The summed E-state index contributed by atoms with van der Waals surface area (Å²) in [6.07, 6.45) is 3.67. The third-order valence-electron chi connectivity index (χ3n) is 11.4. The number of nitrogens with zero attached hydrogens (tertiary/aromatic N) is 1. The molecule has 0 spiro atoms. The number of ether oxygens (including phenoxy) is 1. The molecular weight excluding hydrogens is 674 g/mol. The number of phenols is 1. The van der Waals surface area contributed by atoms with Gasteiger partial charge in [0.15, 0.2) is 11.6 Å². The molecule has 0 aromatic heterocycles. The Kier molecular flexibility index (Phi) is 8.42. The molecule has 1 aliphatic heterocycles. The molecule has 1 saturated carbocycles. The molecule has 10 heteroatoms. The van der Waals surface area contributed by atoms with Gasteiger partial charge in [0.25, 0.3) is 0 Å². The molecule has 0 bridgehead atoms. The van der Waals surface area contributed by atoms with E-state index in [9.17, 15) is 29.7 Å². The molecule has 3 N–H and O–H groups in total. The fourth-order valence-corrected chi connectivity index (χ4v) is 9.32. The van der Waals surface area contributed by atoms with Crippen molar-refractivity contribution in [3.05, 3.63) is 143 Å². The Balaban J connectivity index is 1.34. The molecule has 266 valence electrons. The van der Waals surface area contributed by atoms with Crippen LogP contribution >= 0.6 is 0 Å². The summed E-state index contributed by atoms with van der Waals surface area (Å²) >= 11 is 0. The quantitative estimate of drug-likeness (QED) is 0.159. The average Bonchev–Trinajstić information content (AvgIpc) is 3.43. The first-order chi connectivity index (χ1) is 25.7. The number of carbonyl (C=O) groups excluding carboxylic acids is 4. The minimum atomic E-state index is -1.45. The number of aliphatic hydroxyl groups is 1. The Morgan fingerprint density at radius 1 is 0.849 bits per heavy atom. The van der Waals surface area contributed by atoms with Crippen LogP contribution in [0.1, 0.15) is 45.8 Å². The molecule has 8 rings (SSSR count). The van der Waals surface area contributed by atoms with Gasteiger partial charge in [0.2, 0.25) is 11.8 Å². The molecule has 1 saturated heterocycles. The monoisotopic (exact) mass is 709 g/mol. The topological polar surface area (TPSA) is 159 Å². The number of carboxylic acids is 1. The molecule has 2 amide bonds. The third-order valence-corrected chi connectivity index (χ3v) is 11.4. The number of carboxylic acid groups (broad SMARTS) is 1. The molecule has 4 aromatic rings. The van der Waals surface area contributed by atoms with Crippen molar-refractivity contribution in [2.45, 2.75) is 24.2 Å². The third kappa shape index (κ3) is 5.15. The van der Waals surface area contributed by atoms with Crippen LogP contribution in [0.2, 0.25) is 0 Å². The Morgan fingerprint density at radius 3 is 2.25 bits per heavy atom. The van der Waals surface area contributed by atoms with Crippen molar-refractivity contribution in [3.63, 3.8) is 0 Å². The number of allylic oxidation sites excluding steroid dienone is 4. The van der Waals surface area contributed by atoms with E-state index in [0.29, 0.717) is 22.4 Å². The predicted molar refractivity (Wildman–Crippen MR) is 193 cm³/mol. The van der Waals surface area contributed by atoms with E-state index in [1.807, 2.05) is 54.6 Å². The molecule has 0 unspecified atom stereocenters. The summed E-state index contributed by atoms with van der Waals surface area (Å²) in [6.45, 7) is -0.268. The lowest BCUT2D eigenvalue weighted by molar-refractivity contribution is -0.135. The number of aliphatic hydroxyl groups excluding tert-OH is 1. The molecule has 10 nitrogen and oxygen atoms in total. The number of para-hydroxylation sites is 1. The van der Waals surface area contributed by atoms with E-state index in [1.165, 1.54) is 12.1 Å². The van der Waals surface area contributed by atoms with Crippen LogP contribution in [0.25, 0.3) is 5.57 Å². The highest BCUT2D eigenvalue weighted by atomic mass is 16.5. The Labute approximate surface area is 304 Å². The summed E-state index contributed by atoms with van der Waals surface area (Å²) < 4.78 is 6.09. The van der Waals surface area contributed by atoms with Gasteiger partial charge in [-0.2, -0.15) is 0 Å². The minimum Gasteiger partial charge on any atom is -0.507 e. The maximum atomic E-state index is 15.2. The number of benzene rings is 4. The van der Waals surface area contributed by atoms with Gasteiger partial charge in [0.1, 0.15) is 23.7 Å². The van der Waals surface area contributed by atoms with Crippen LogP contribution < -0.4 is 9.64 Å². The zero-order valence-electron chi connectivity index (χ0n) is 28.4. The second kappa shape index (κ2) is 13.1. The van der Waals surface area contributed by atoms with E-state index in [4.69, 9.17) is 4.74 Å². The first-order valence-corrected chi connectivity index (χ1v) is 17.6. The number of aromatic carboxylic acids is 1. The zero-order valence-corrected chi connectivity index (χ0v) is 28.4. The number of rotatable bonds is 8. The molecule has 1 heterocycles. The zero-order chi connectivity index (χ0) is 37.0. The normalized spacial score (nSPS) is 26.3. The molecule has 53 heavy (non-hydrogen) atoms. The largest absolute Gasteiger partial charge is 0.507 e. The van der Waals surface area contributed by atoms with Gasteiger partial charge < -0.3 is 20.1 Å². The highest BCUT2D eigenvalue weighted by molar-refractivity contribution is 6.32. The van der Waals surface area contributed by atoms with Gasteiger partial charge in [-0.3, -0.25) is 19.2 Å². The summed E-state index contributed by atoms with van der Waals surface area (Å²) in [5.41, 5.74) is 1.10. The number of fused-ring (bicyclic) bond motifs is 4. The SMILES string of the molecule is O=C(O)c1ccc(N2C(=O)[C@H]3[C@H](CC=C4[C@H]3C[C@H]3C(=O)C(c5ccccc5)=CC(=O)[C@@]3(c3ccccc3)[C@H]4c3ccccc3OCCO)C2=O)cc1O. The summed E-state index contributed by atoms with van der Waals surface area (Å²) in [5, 5.41) is 29.7. The van der Waals surface area contributed by atoms with Gasteiger partial charge in [0.05, 0.1) is 29.5 Å². The van der Waals surface area contributed by atoms with Crippen molar-refractivity contribution in [3.8, 4) is 11.5 Å². The number of amides is 2. The summed E-state index contributed by atoms with van der Waals surface area (Å²) in [5.74, 6) is -7.14. The molecule has 0 radical (unpaired) electrons. The van der Waals surface area contributed by atoms with Crippen LogP contribution in [-0.4, -0.2) is 57.9 Å². The van der Waals surface area contributed by atoms with Crippen LogP contribution in [0.15, 0.2) is 121 Å². The van der Waals surface area contributed by atoms with E-state index in [1.54, 1.807) is 36.4 Å². The minimum absolute atomic E-state index is 0.0148. The van der Waals surface area contributed by atoms with E-state index in [2.05, 4.69) is 0 Å². The molecule has 6 atom stereocenters. The number of aromatic hydroxyl groups is 1. The van der Waals surface area contributed by atoms with E-state index in [-0.39, 0.29) is 54.4 Å². The summed E-state index contributed by atoms with van der Waals surface area (Å²) in [7, 11) is 0. The molecule has 3 aliphatic carbocycles. The molecule has 2 fully saturated rings. The van der Waals surface area contributed by atoms with Crippen LogP contribution in [0, 0.1) is 23.7 Å². The lowest BCUT2D eigenvalue weighted by atomic mass is 9.44. The Hall–Kier alpha value is -6.13. The first-order valence-electron chi connectivity index (χ1n) is 17.6. The van der Waals surface area contributed by atoms with Crippen molar-refractivity contribution in [1.82, 2.24) is 0 Å². The first kappa shape index (κ1) is 34.0. The van der Waals surface area contributed by atoms with Crippen LogP contribution in [-0.2, 0) is 24.6 Å². The maximum absolute atomic E-state index is 15.2. The number of carbonyl (C=O) groups is 5. The number of hydrogen-bond acceptors (Lipinski definition) is 8. The molecular formula is C43H35NO9. The molecule has 4 aliphatic rings. The lowest BCUT2D eigenvalue weighted by Crippen LogP contribution is -2.58.